The summed E-state index contributed by atoms with van der Waals surface area (Å²) in [4.78, 5) is 0. The summed E-state index contributed by atoms with van der Waals surface area (Å²) >= 11 is 0. The van der Waals surface area contributed by atoms with Gasteiger partial charge in [0.2, 0.25) is 0 Å². The smallest absolute Gasteiger partial charge is 0.0687 e. The van der Waals surface area contributed by atoms with Gasteiger partial charge in [-0.1, -0.05) is 26.2 Å². The van der Waals surface area contributed by atoms with Gasteiger partial charge in [-0.05, 0) is 58.8 Å². The fourth-order valence-electron chi connectivity index (χ4n) is 4.48. The van der Waals surface area contributed by atoms with Gasteiger partial charge in [0.05, 0.1) is 17.3 Å². The molecule has 0 aromatic carbocycles. The van der Waals surface area contributed by atoms with Crippen LogP contribution in [0.5, 0.6) is 0 Å². The second-order valence-electron chi connectivity index (χ2n) is 7.97. The summed E-state index contributed by atoms with van der Waals surface area (Å²) in [6, 6.07) is 0. The predicted octanol–water partition coefficient (Wildman–Crippen LogP) is 4.16. The van der Waals surface area contributed by atoms with E-state index in [1.165, 1.54) is 32.1 Å². The molecule has 1 N–H and O–H groups in total. The lowest BCUT2D eigenvalue weighted by Crippen LogP contribution is -2.41. The number of aliphatic hydroxyl groups is 1. The Bertz CT molecular complexity index is 308. The molecule has 0 spiro atoms. The molecular weight excluding hydrogens is 236 g/mol. The van der Waals surface area contributed by atoms with Crippen molar-refractivity contribution in [2.75, 3.05) is 0 Å². The Balaban J connectivity index is 2.04. The van der Waals surface area contributed by atoms with E-state index >= 15 is 0 Å². The summed E-state index contributed by atoms with van der Waals surface area (Å²) in [5.74, 6) is 1.59. The van der Waals surface area contributed by atoms with E-state index in [1.54, 1.807) is 0 Å². The van der Waals surface area contributed by atoms with Gasteiger partial charge in [0.25, 0.3) is 0 Å². The Kier molecular flexibility index (Phi) is 4.32. The zero-order valence-electron chi connectivity index (χ0n) is 13.4. The van der Waals surface area contributed by atoms with Crippen LogP contribution in [-0.2, 0) is 4.74 Å². The molecule has 19 heavy (non-hydrogen) atoms. The van der Waals surface area contributed by atoms with Crippen molar-refractivity contribution in [3.63, 3.8) is 0 Å². The molecule has 112 valence electrons. The van der Waals surface area contributed by atoms with Crippen LogP contribution in [-0.4, -0.2) is 22.4 Å². The van der Waals surface area contributed by atoms with Crippen molar-refractivity contribution in [1.82, 2.24) is 0 Å². The average molecular weight is 268 g/mol. The summed E-state index contributed by atoms with van der Waals surface area (Å²) in [5.41, 5.74) is -0.282. The van der Waals surface area contributed by atoms with Crippen molar-refractivity contribution < 1.29 is 9.84 Å². The second kappa shape index (κ2) is 5.37. The highest BCUT2D eigenvalue weighted by molar-refractivity contribution is 4.99. The number of hydrogen-bond donors (Lipinski definition) is 1. The lowest BCUT2D eigenvalue weighted by atomic mass is 9.71. The van der Waals surface area contributed by atoms with Crippen molar-refractivity contribution in [3.05, 3.63) is 0 Å². The van der Waals surface area contributed by atoms with E-state index in [4.69, 9.17) is 4.74 Å². The molecule has 0 aromatic heterocycles. The molecule has 0 amide bonds. The molecule has 2 fully saturated rings. The van der Waals surface area contributed by atoms with Crippen LogP contribution in [0.2, 0.25) is 0 Å². The van der Waals surface area contributed by atoms with Gasteiger partial charge in [-0.2, -0.15) is 0 Å². The molecule has 1 heterocycles. The molecule has 1 aliphatic heterocycles. The van der Waals surface area contributed by atoms with E-state index in [2.05, 4.69) is 34.6 Å². The maximum absolute atomic E-state index is 10.9. The lowest BCUT2D eigenvalue weighted by Gasteiger charge is -2.38. The highest BCUT2D eigenvalue weighted by Gasteiger charge is 2.50. The first-order valence-corrected chi connectivity index (χ1v) is 8.13. The Morgan fingerprint density at radius 2 is 1.89 bits per heavy atom. The number of aliphatic hydroxyl groups excluding tert-OH is 1. The Morgan fingerprint density at radius 1 is 1.21 bits per heavy atom. The Labute approximate surface area is 118 Å². The number of hydrogen-bond acceptors (Lipinski definition) is 2. The first kappa shape index (κ1) is 15.3. The molecular formula is C17H32O2. The van der Waals surface area contributed by atoms with Crippen LogP contribution in [0.1, 0.15) is 73.1 Å². The molecule has 1 aliphatic carbocycles. The Hall–Kier alpha value is -0.0800. The zero-order chi connectivity index (χ0) is 14.3. The van der Waals surface area contributed by atoms with E-state index in [0.29, 0.717) is 5.92 Å². The first-order valence-electron chi connectivity index (χ1n) is 8.13. The van der Waals surface area contributed by atoms with Crippen molar-refractivity contribution in [2.24, 2.45) is 17.8 Å². The summed E-state index contributed by atoms with van der Waals surface area (Å²) in [6.45, 7) is 10.9. The van der Waals surface area contributed by atoms with Crippen LogP contribution in [0, 0.1) is 17.8 Å². The summed E-state index contributed by atoms with van der Waals surface area (Å²) < 4.78 is 6.15. The molecule has 4 unspecified atom stereocenters. The molecule has 0 bridgehead atoms. The molecule has 4 atom stereocenters. The fourth-order valence-corrected chi connectivity index (χ4v) is 4.48. The van der Waals surface area contributed by atoms with Gasteiger partial charge >= 0.3 is 0 Å². The summed E-state index contributed by atoms with van der Waals surface area (Å²) in [7, 11) is 0. The number of rotatable bonds is 3. The van der Waals surface area contributed by atoms with Crippen molar-refractivity contribution in [3.8, 4) is 0 Å². The van der Waals surface area contributed by atoms with Gasteiger partial charge in [0, 0.05) is 5.92 Å². The lowest BCUT2D eigenvalue weighted by molar-refractivity contribution is -0.0966. The second-order valence-corrected chi connectivity index (χ2v) is 7.97. The third-order valence-electron chi connectivity index (χ3n) is 5.44. The quantitative estimate of drug-likeness (QED) is 0.833. The topological polar surface area (TPSA) is 29.5 Å². The molecule has 2 nitrogen and oxygen atoms in total. The van der Waals surface area contributed by atoms with Crippen molar-refractivity contribution >= 4 is 0 Å². The van der Waals surface area contributed by atoms with Gasteiger partial charge in [-0.15, -0.1) is 0 Å². The predicted molar refractivity (Wildman–Crippen MR) is 79.1 cm³/mol. The minimum Gasteiger partial charge on any atom is -0.392 e. The molecule has 2 heteroatoms. The third-order valence-corrected chi connectivity index (χ3v) is 5.44. The fraction of sp³-hybridized carbons (Fsp3) is 1.00. The zero-order valence-corrected chi connectivity index (χ0v) is 13.4. The van der Waals surface area contributed by atoms with Crippen molar-refractivity contribution in [2.45, 2.75) is 90.4 Å². The normalized spacial score (nSPS) is 39.2. The SMILES string of the molecule is CCC1CCCC(C(O)C2CC(C)(C)OC2(C)C)C1. The van der Waals surface area contributed by atoms with Gasteiger partial charge in [0.1, 0.15) is 0 Å². The third kappa shape index (κ3) is 3.33. The maximum atomic E-state index is 10.9. The van der Waals surface area contributed by atoms with E-state index in [0.717, 1.165) is 12.3 Å². The van der Waals surface area contributed by atoms with E-state index in [9.17, 15) is 5.11 Å². The van der Waals surface area contributed by atoms with Crippen LogP contribution in [0.3, 0.4) is 0 Å². The van der Waals surface area contributed by atoms with Crippen molar-refractivity contribution in [1.29, 1.82) is 0 Å². The van der Waals surface area contributed by atoms with E-state index in [-0.39, 0.29) is 23.2 Å². The van der Waals surface area contributed by atoms with Crippen LogP contribution in [0.4, 0.5) is 0 Å². The average Bonchev–Trinajstić information content (AvgIpc) is 2.56. The summed E-state index contributed by atoms with van der Waals surface area (Å²) in [5, 5.41) is 10.9. The maximum Gasteiger partial charge on any atom is 0.0687 e. The minimum absolute atomic E-state index is 0.0893. The highest BCUT2D eigenvalue weighted by atomic mass is 16.5. The van der Waals surface area contributed by atoms with Gasteiger partial charge in [-0.3, -0.25) is 0 Å². The monoisotopic (exact) mass is 268 g/mol. The minimum atomic E-state index is -0.192. The Morgan fingerprint density at radius 3 is 2.42 bits per heavy atom. The standard InChI is InChI=1S/C17H32O2/c1-6-12-8-7-9-13(10-12)15(18)14-11-16(2,3)19-17(14,4)5/h12-15,18H,6-11H2,1-5H3. The molecule has 1 saturated carbocycles. The van der Waals surface area contributed by atoms with E-state index < -0.39 is 0 Å². The van der Waals surface area contributed by atoms with Crippen LogP contribution >= 0.6 is 0 Å². The van der Waals surface area contributed by atoms with Crippen LogP contribution in [0.15, 0.2) is 0 Å². The van der Waals surface area contributed by atoms with Gasteiger partial charge in [-0.25, -0.2) is 0 Å². The summed E-state index contributed by atoms with van der Waals surface area (Å²) in [6.07, 6.45) is 7.11. The molecule has 2 aliphatic rings. The van der Waals surface area contributed by atoms with Crippen LogP contribution < -0.4 is 0 Å². The van der Waals surface area contributed by atoms with Gasteiger partial charge in [0.15, 0.2) is 0 Å². The number of ether oxygens (including phenoxy) is 1. The molecule has 1 saturated heterocycles. The highest BCUT2D eigenvalue weighted by Crippen LogP contribution is 2.47. The molecule has 0 radical (unpaired) electrons. The first-order chi connectivity index (χ1) is 8.75. The largest absolute Gasteiger partial charge is 0.392 e. The molecule has 0 aromatic rings. The van der Waals surface area contributed by atoms with Crippen LogP contribution in [0.25, 0.3) is 0 Å². The van der Waals surface area contributed by atoms with E-state index in [1.807, 2.05) is 0 Å². The molecule has 2 rings (SSSR count). The van der Waals surface area contributed by atoms with Gasteiger partial charge < -0.3 is 9.84 Å².